The van der Waals surface area contributed by atoms with Gasteiger partial charge in [-0.15, -0.1) is 0 Å². The lowest BCUT2D eigenvalue weighted by Crippen LogP contribution is -2.27. The number of fused-ring (bicyclic) bond motifs is 2. The zero-order chi connectivity index (χ0) is 27.2. The van der Waals surface area contributed by atoms with Gasteiger partial charge in [-0.1, -0.05) is 45.0 Å². The maximum atomic E-state index is 13.0. The van der Waals surface area contributed by atoms with Crippen LogP contribution in [-0.2, 0) is 36.5 Å². The van der Waals surface area contributed by atoms with Crippen molar-refractivity contribution in [2.45, 2.75) is 45.3 Å². The van der Waals surface area contributed by atoms with Crippen molar-refractivity contribution >= 4 is 21.0 Å². The van der Waals surface area contributed by atoms with E-state index in [1.165, 1.54) is 0 Å². The highest BCUT2D eigenvalue weighted by molar-refractivity contribution is 7.91. The van der Waals surface area contributed by atoms with Gasteiger partial charge in [0, 0.05) is 38.8 Å². The molecule has 3 heterocycles. The predicted octanol–water partition coefficient (Wildman–Crippen LogP) is 4.11. The molecule has 0 fully saturated rings. The molecule has 0 N–H and O–H groups in total. The van der Waals surface area contributed by atoms with Crippen LogP contribution in [0, 0.1) is 16.7 Å². The van der Waals surface area contributed by atoms with E-state index in [4.69, 9.17) is 4.98 Å². The van der Waals surface area contributed by atoms with Crippen LogP contribution in [0.4, 0.5) is 0 Å². The summed E-state index contributed by atoms with van der Waals surface area (Å²) in [5, 5.41) is 9.83. The Hall–Kier alpha value is -3.74. The lowest BCUT2D eigenvalue weighted by atomic mass is 9.97. The van der Waals surface area contributed by atoms with Gasteiger partial charge in [0.15, 0.2) is 15.5 Å². The van der Waals surface area contributed by atoms with Crippen LogP contribution in [-0.4, -0.2) is 39.7 Å². The molecule has 0 unspecified atom stereocenters. The zero-order valence-electron chi connectivity index (χ0n) is 22.1. The first-order valence-electron chi connectivity index (χ1n) is 12.6. The quantitative estimate of drug-likeness (QED) is 0.394. The minimum absolute atomic E-state index is 0.0605. The molecule has 0 radical (unpaired) electrons. The third-order valence-electron chi connectivity index (χ3n) is 6.88. The van der Waals surface area contributed by atoms with Gasteiger partial charge in [0.2, 0.25) is 0 Å². The maximum absolute atomic E-state index is 13.0. The van der Waals surface area contributed by atoms with E-state index in [0.29, 0.717) is 53.5 Å². The molecular weight excluding hydrogens is 498 g/mol. The summed E-state index contributed by atoms with van der Waals surface area (Å²) in [5.41, 5.74) is 4.67. The third-order valence-corrected chi connectivity index (χ3v) is 8.67. The number of aryl methyl sites for hydroxylation is 1. The number of sulfone groups is 1. The van der Waals surface area contributed by atoms with Crippen molar-refractivity contribution in [3.63, 3.8) is 0 Å². The van der Waals surface area contributed by atoms with Crippen LogP contribution in [0.3, 0.4) is 0 Å². The van der Waals surface area contributed by atoms with Gasteiger partial charge in [-0.05, 0) is 46.9 Å². The van der Waals surface area contributed by atoms with E-state index in [2.05, 4.69) is 31.7 Å². The maximum Gasteiger partial charge on any atom is 0.330 e. The van der Waals surface area contributed by atoms with Crippen LogP contribution in [0.15, 0.2) is 64.3 Å². The van der Waals surface area contributed by atoms with Crippen molar-refractivity contribution in [1.82, 2.24) is 19.0 Å². The molecule has 0 spiro atoms. The number of nitrogens with zero attached hydrogens (tertiary/aromatic N) is 5. The Morgan fingerprint density at radius 3 is 2.58 bits per heavy atom. The summed E-state index contributed by atoms with van der Waals surface area (Å²) in [4.78, 5) is 20.3. The van der Waals surface area contributed by atoms with Gasteiger partial charge in [0.1, 0.15) is 0 Å². The van der Waals surface area contributed by atoms with Crippen LogP contribution in [0.2, 0.25) is 0 Å². The molecule has 0 saturated carbocycles. The summed E-state index contributed by atoms with van der Waals surface area (Å²) >= 11 is 0. The van der Waals surface area contributed by atoms with Crippen LogP contribution in [0.5, 0.6) is 0 Å². The van der Waals surface area contributed by atoms with E-state index in [0.717, 1.165) is 16.6 Å². The van der Waals surface area contributed by atoms with Gasteiger partial charge in [-0.25, -0.2) is 18.2 Å². The van der Waals surface area contributed by atoms with E-state index in [-0.39, 0.29) is 16.9 Å². The van der Waals surface area contributed by atoms with Crippen molar-refractivity contribution in [3.05, 3.63) is 81.8 Å². The molecule has 2 aromatic heterocycles. The lowest BCUT2D eigenvalue weighted by molar-refractivity contribution is 0.273. The second-order valence-electron chi connectivity index (χ2n) is 11.2. The van der Waals surface area contributed by atoms with Gasteiger partial charge in [0.25, 0.3) is 0 Å². The Morgan fingerprint density at radius 1 is 1.08 bits per heavy atom. The smallest absolute Gasteiger partial charge is 0.294 e. The molecule has 1 aliphatic rings. The minimum atomic E-state index is -3.33. The molecule has 0 amide bonds. The third kappa shape index (κ3) is 4.89. The lowest BCUT2D eigenvalue weighted by Gasteiger charge is -2.20. The van der Waals surface area contributed by atoms with Gasteiger partial charge in [-0.2, -0.15) is 5.26 Å². The van der Waals surface area contributed by atoms with Crippen molar-refractivity contribution in [3.8, 4) is 17.3 Å². The van der Waals surface area contributed by atoms with E-state index in [1.807, 2.05) is 36.4 Å². The highest BCUT2D eigenvalue weighted by atomic mass is 32.2. The molecule has 1 aliphatic heterocycles. The second-order valence-corrected chi connectivity index (χ2v) is 13.2. The highest BCUT2D eigenvalue weighted by Gasteiger charge is 2.25. The Bertz CT molecular complexity index is 1750. The molecule has 0 aliphatic carbocycles. The van der Waals surface area contributed by atoms with Crippen molar-refractivity contribution in [2.24, 2.45) is 12.5 Å². The molecule has 4 aromatic rings. The van der Waals surface area contributed by atoms with Gasteiger partial charge < -0.3 is 0 Å². The Balaban J connectivity index is 1.51. The highest BCUT2D eigenvalue weighted by Crippen LogP contribution is 2.28. The fourth-order valence-corrected chi connectivity index (χ4v) is 6.60. The summed E-state index contributed by atoms with van der Waals surface area (Å²) in [7, 11) is -1.61. The Labute approximate surface area is 222 Å². The fraction of sp³-hybridized carbons (Fsp3) is 0.345. The predicted molar refractivity (Wildman–Crippen MR) is 147 cm³/mol. The minimum Gasteiger partial charge on any atom is -0.294 e. The number of imidazole rings is 1. The van der Waals surface area contributed by atoms with Crippen molar-refractivity contribution in [1.29, 1.82) is 5.26 Å². The topological polar surface area (TPSA) is 101 Å². The number of nitriles is 1. The summed E-state index contributed by atoms with van der Waals surface area (Å²) in [5.74, 6) is 0.0605. The van der Waals surface area contributed by atoms with Crippen LogP contribution >= 0.6 is 0 Å². The normalized spacial score (nSPS) is 15.7. The summed E-state index contributed by atoms with van der Waals surface area (Å²) in [6.45, 7) is 8.30. The first kappa shape index (κ1) is 25.9. The van der Waals surface area contributed by atoms with E-state index in [1.54, 1.807) is 34.4 Å². The van der Waals surface area contributed by atoms with Crippen LogP contribution < -0.4 is 5.69 Å². The summed E-state index contributed by atoms with van der Waals surface area (Å²) < 4.78 is 28.8. The molecule has 0 bridgehead atoms. The molecule has 2 aromatic carbocycles. The number of aromatic nitrogens is 3. The molecule has 0 saturated heterocycles. The molecule has 38 heavy (non-hydrogen) atoms. The van der Waals surface area contributed by atoms with Gasteiger partial charge in [0.05, 0.1) is 33.5 Å². The SMILES string of the molecule is Cn1c(=O)n(CC(C)(C)C)c2ccc(-c3cc(CN4CCS(=O)(=O)c5ccccc5C4)ccc3C#N)nc21. The molecular formula is C29H31N5O3S. The van der Waals surface area contributed by atoms with Gasteiger partial charge >= 0.3 is 5.69 Å². The largest absolute Gasteiger partial charge is 0.330 e. The van der Waals surface area contributed by atoms with Gasteiger partial charge in [-0.3, -0.25) is 14.0 Å². The number of pyridine rings is 1. The second kappa shape index (κ2) is 9.53. The van der Waals surface area contributed by atoms with Crippen molar-refractivity contribution < 1.29 is 8.42 Å². The fourth-order valence-electron chi connectivity index (χ4n) is 5.06. The van der Waals surface area contributed by atoms with Crippen LogP contribution in [0.25, 0.3) is 22.4 Å². The standard InChI is InChI=1S/C29H31N5O3S/c1-29(2,3)19-34-25-12-11-24(31-27(25)32(4)28(34)35)23-15-20(9-10-21(23)16-30)17-33-13-14-38(36,37)26-8-6-5-7-22(26)18-33/h5-12,15H,13-14,17-19H2,1-4H3. The van der Waals surface area contributed by atoms with E-state index in [9.17, 15) is 18.5 Å². The van der Waals surface area contributed by atoms with Crippen molar-refractivity contribution in [2.75, 3.05) is 12.3 Å². The average molecular weight is 530 g/mol. The molecule has 0 atom stereocenters. The summed E-state index contributed by atoms with van der Waals surface area (Å²) in [6.07, 6.45) is 0. The first-order valence-corrected chi connectivity index (χ1v) is 14.2. The number of hydrogen-bond donors (Lipinski definition) is 0. The molecule has 5 rings (SSSR count). The Kier molecular flexibility index (Phi) is 6.49. The average Bonchev–Trinajstić information content (AvgIpc) is 3.01. The number of benzene rings is 2. The number of rotatable bonds is 4. The zero-order valence-corrected chi connectivity index (χ0v) is 22.9. The monoisotopic (exact) mass is 529 g/mol. The van der Waals surface area contributed by atoms with E-state index >= 15 is 0 Å². The first-order chi connectivity index (χ1) is 18.0. The number of hydrogen-bond acceptors (Lipinski definition) is 6. The molecule has 9 heteroatoms. The Morgan fingerprint density at radius 2 is 1.84 bits per heavy atom. The molecule has 8 nitrogen and oxygen atoms in total. The van der Waals surface area contributed by atoms with Crippen LogP contribution in [0.1, 0.15) is 37.5 Å². The van der Waals surface area contributed by atoms with E-state index < -0.39 is 9.84 Å². The summed E-state index contributed by atoms with van der Waals surface area (Å²) in [6, 6.07) is 18.8. The molecule has 196 valence electrons.